The maximum absolute atomic E-state index is 11.0. The highest BCUT2D eigenvalue weighted by Gasteiger charge is 2.07. The molecule has 5 N–H and O–H groups in total. The Labute approximate surface area is 95.2 Å². The van der Waals surface area contributed by atoms with Gasteiger partial charge < -0.3 is 16.8 Å². The van der Waals surface area contributed by atoms with Gasteiger partial charge in [0.15, 0.2) is 0 Å². The van der Waals surface area contributed by atoms with E-state index in [-0.39, 0.29) is 0 Å². The lowest BCUT2D eigenvalue weighted by molar-refractivity contribution is 0.100. The van der Waals surface area contributed by atoms with Gasteiger partial charge in [-0.2, -0.15) is 0 Å². The van der Waals surface area contributed by atoms with Crippen molar-refractivity contribution in [1.29, 1.82) is 0 Å². The lowest BCUT2D eigenvalue weighted by Crippen LogP contribution is -2.15. The van der Waals surface area contributed by atoms with Crippen LogP contribution in [0.15, 0.2) is 12.3 Å². The van der Waals surface area contributed by atoms with Crippen molar-refractivity contribution in [2.45, 2.75) is 20.3 Å². The monoisotopic (exact) mass is 222 g/mol. The van der Waals surface area contributed by atoms with Crippen LogP contribution < -0.4 is 16.8 Å². The summed E-state index contributed by atoms with van der Waals surface area (Å²) in [5.74, 6) is 0.715. The molecule has 16 heavy (non-hydrogen) atoms. The molecular weight excluding hydrogens is 204 g/mol. The molecule has 0 atom stereocenters. The van der Waals surface area contributed by atoms with E-state index in [1.54, 1.807) is 6.07 Å². The number of pyridine rings is 1. The number of rotatable bonds is 5. The van der Waals surface area contributed by atoms with Crippen LogP contribution in [0, 0.1) is 5.92 Å². The van der Waals surface area contributed by atoms with Crippen molar-refractivity contribution in [2.75, 3.05) is 17.6 Å². The highest BCUT2D eigenvalue weighted by molar-refractivity contribution is 5.98. The molecular formula is C11H18N4O. The number of nitrogens with zero attached hydrogens (tertiary/aromatic N) is 1. The summed E-state index contributed by atoms with van der Waals surface area (Å²) in [5, 5.41) is 3.12. The number of aromatic nitrogens is 1. The third kappa shape index (κ3) is 3.42. The zero-order valence-corrected chi connectivity index (χ0v) is 9.66. The molecule has 0 aliphatic heterocycles. The summed E-state index contributed by atoms with van der Waals surface area (Å²) in [6.45, 7) is 5.10. The number of primary amides is 1. The second-order valence-corrected chi connectivity index (χ2v) is 4.13. The molecule has 0 bridgehead atoms. The van der Waals surface area contributed by atoms with E-state index in [4.69, 9.17) is 11.5 Å². The second-order valence-electron chi connectivity index (χ2n) is 4.13. The molecule has 0 aliphatic carbocycles. The first-order valence-corrected chi connectivity index (χ1v) is 5.30. The van der Waals surface area contributed by atoms with E-state index in [2.05, 4.69) is 24.1 Å². The van der Waals surface area contributed by atoms with E-state index in [1.165, 1.54) is 6.20 Å². The fourth-order valence-electron chi connectivity index (χ4n) is 1.26. The number of carbonyl (C=O) groups excluding carboxylic acids is 1. The summed E-state index contributed by atoms with van der Waals surface area (Å²) in [6, 6.07) is 1.58. The Morgan fingerprint density at radius 3 is 2.81 bits per heavy atom. The maximum atomic E-state index is 11.0. The molecule has 0 saturated carbocycles. The van der Waals surface area contributed by atoms with Crippen molar-refractivity contribution in [3.63, 3.8) is 0 Å². The lowest BCUT2D eigenvalue weighted by atomic mass is 10.1. The molecule has 1 rings (SSSR count). The Hall–Kier alpha value is -1.78. The van der Waals surface area contributed by atoms with Crippen molar-refractivity contribution in [3.05, 3.63) is 17.8 Å². The minimum Gasteiger partial charge on any atom is -0.397 e. The van der Waals surface area contributed by atoms with Gasteiger partial charge in [0.05, 0.1) is 17.4 Å². The standard InChI is InChI=1S/C11H18N4O/c1-7(2)3-4-14-10-5-8(11(13)16)9(12)6-15-10/h5-7H,3-4,12H2,1-2H3,(H2,13,16)(H,14,15). The minimum atomic E-state index is -0.535. The van der Waals surface area contributed by atoms with Gasteiger partial charge in [0.2, 0.25) is 0 Å². The quantitative estimate of drug-likeness (QED) is 0.698. The largest absolute Gasteiger partial charge is 0.397 e. The maximum Gasteiger partial charge on any atom is 0.250 e. The Morgan fingerprint density at radius 1 is 1.56 bits per heavy atom. The molecule has 1 aromatic heterocycles. The minimum absolute atomic E-state index is 0.307. The highest BCUT2D eigenvalue weighted by atomic mass is 16.1. The molecule has 5 nitrogen and oxygen atoms in total. The normalized spacial score (nSPS) is 10.4. The topological polar surface area (TPSA) is 94.0 Å². The van der Waals surface area contributed by atoms with E-state index < -0.39 is 5.91 Å². The van der Waals surface area contributed by atoms with Gasteiger partial charge in [-0.25, -0.2) is 4.98 Å². The third-order valence-corrected chi connectivity index (χ3v) is 2.23. The van der Waals surface area contributed by atoms with Crippen molar-refractivity contribution >= 4 is 17.4 Å². The lowest BCUT2D eigenvalue weighted by Gasteiger charge is -2.09. The second kappa shape index (κ2) is 5.34. The van der Waals surface area contributed by atoms with E-state index >= 15 is 0 Å². The molecule has 0 spiro atoms. The average molecular weight is 222 g/mol. The molecule has 1 heterocycles. The zero-order chi connectivity index (χ0) is 12.1. The fraction of sp³-hybridized carbons (Fsp3) is 0.455. The van der Waals surface area contributed by atoms with Crippen molar-refractivity contribution in [1.82, 2.24) is 4.98 Å². The molecule has 88 valence electrons. The summed E-state index contributed by atoms with van der Waals surface area (Å²) in [5.41, 5.74) is 11.4. The van der Waals surface area contributed by atoms with Crippen LogP contribution in [0.2, 0.25) is 0 Å². The van der Waals surface area contributed by atoms with E-state index in [0.29, 0.717) is 23.0 Å². The number of anilines is 2. The molecule has 5 heteroatoms. The summed E-state index contributed by atoms with van der Waals surface area (Å²) < 4.78 is 0. The van der Waals surface area contributed by atoms with E-state index in [9.17, 15) is 4.79 Å². The average Bonchev–Trinajstić information content (AvgIpc) is 2.19. The molecule has 0 fully saturated rings. The number of nitrogens with one attached hydrogen (secondary N) is 1. The molecule has 1 amide bonds. The number of amides is 1. The fourth-order valence-corrected chi connectivity index (χ4v) is 1.26. The number of nitrogens with two attached hydrogens (primary N) is 2. The van der Waals surface area contributed by atoms with Gasteiger partial charge in [0.25, 0.3) is 5.91 Å². The summed E-state index contributed by atoms with van der Waals surface area (Å²) in [7, 11) is 0. The van der Waals surface area contributed by atoms with Crippen LogP contribution in [0.25, 0.3) is 0 Å². The van der Waals surface area contributed by atoms with Crippen molar-refractivity contribution < 1.29 is 4.79 Å². The Bertz CT molecular complexity index is 376. The van der Waals surface area contributed by atoms with E-state index in [0.717, 1.165) is 13.0 Å². The van der Waals surface area contributed by atoms with Crippen LogP contribution in [-0.4, -0.2) is 17.4 Å². The van der Waals surface area contributed by atoms with Crippen LogP contribution in [0.3, 0.4) is 0 Å². The SMILES string of the molecule is CC(C)CCNc1cc(C(N)=O)c(N)cn1. The Balaban J connectivity index is 2.68. The Kier molecular flexibility index (Phi) is 4.10. The predicted octanol–water partition coefficient (Wildman–Crippen LogP) is 1.22. The van der Waals surface area contributed by atoms with Gasteiger partial charge in [-0.3, -0.25) is 4.79 Å². The first-order valence-electron chi connectivity index (χ1n) is 5.30. The van der Waals surface area contributed by atoms with Crippen LogP contribution in [-0.2, 0) is 0 Å². The third-order valence-electron chi connectivity index (χ3n) is 2.23. The molecule has 0 unspecified atom stereocenters. The van der Waals surface area contributed by atoms with Gasteiger partial charge in [0, 0.05) is 6.54 Å². The Morgan fingerprint density at radius 2 is 2.25 bits per heavy atom. The van der Waals surface area contributed by atoms with Crippen LogP contribution in [0.4, 0.5) is 11.5 Å². The van der Waals surface area contributed by atoms with Gasteiger partial charge in [-0.05, 0) is 18.4 Å². The molecule has 0 saturated heterocycles. The molecule has 0 aromatic carbocycles. The van der Waals surface area contributed by atoms with Gasteiger partial charge >= 0.3 is 0 Å². The zero-order valence-electron chi connectivity index (χ0n) is 9.66. The number of hydrogen-bond donors (Lipinski definition) is 3. The molecule has 0 radical (unpaired) electrons. The van der Waals surface area contributed by atoms with Crippen LogP contribution in [0.5, 0.6) is 0 Å². The highest BCUT2D eigenvalue weighted by Crippen LogP contribution is 2.14. The summed E-state index contributed by atoms with van der Waals surface area (Å²) >= 11 is 0. The van der Waals surface area contributed by atoms with Gasteiger partial charge in [-0.15, -0.1) is 0 Å². The van der Waals surface area contributed by atoms with Crippen LogP contribution in [0.1, 0.15) is 30.6 Å². The predicted molar refractivity (Wildman–Crippen MR) is 65.1 cm³/mol. The van der Waals surface area contributed by atoms with Crippen molar-refractivity contribution in [2.24, 2.45) is 11.7 Å². The first-order chi connectivity index (χ1) is 7.50. The van der Waals surface area contributed by atoms with Crippen LogP contribution >= 0.6 is 0 Å². The molecule has 1 aromatic rings. The van der Waals surface area contributed by atoms with E-state index in [1.807, 2.05) is 0 Å². The summed E-state index contributed by atoms with van der Waals surface area (Å²) in [6.07, 6.45) is 2.48. The smallest absolute Gasteiger partial charge is 0.250 e. The summed E-state index contributed by atoms with van der Waals surface area (Å²) in [4.78, 5) is 15.1. The van der Waals surface area contributed by atoms with Gasteiger partial charge in [0.1, 0.15) is 5.82 Å². The number of carbonyl (C=O) groups is 1. The number of hydrogen-bond acceptors (Lipinski definition) is 4. The number of nitrogen functional groups attached to an aromatic ring is 1. The van der Waals surface area contributed by atoms with Gasteiger partial charge in [-0.1, -0.05) is 13.8 Å². The van der Waals surface area contributed by atoms with Crippen molar-refractivity contribution in [3.8, 4) is 0 Å². The molecule has 0 aliphatic rings. The first kappa shape index (κ1) is 12.3.